The minimum Gasteiger partial charge on any atom is -0.494 e. The molecule has 2 aromatic rings. The molecule has 2 heterocycles. The number of nitrogens with one attached hydrogen (secondary N) is 1. The van der Waals surface area contributed by atoms with Gasteiger partial charge in [0, 0.05) is 13.1 Å². The zero-order valence-corrected chi connectivity index (χ0v) is 15.6. The molecule has 1 N–H and O–H groups in total. The third-order valence-electron chi connectivity index (χ3n) is 4.53. The van der Waals surface area contributed by atoms with Gasteiger partial charge in [0.2, 0.25) is 0 Å². The number of carbonyl (C=O) groups excluding carboxylic acids is 2. The number of benzene rings is 1. The van der Waals surface area contributed by atoms with Crippen LogP contribution in [0.15, 0.2) is 36.5 Å². The number of rotatable bonds is 2. The highest BCUT2D eigenvalue weighted by Crippen LogP contribution is 2.19. The van der Waals surface area contributed by atoms with Crippen LogP contribution in [0.3, 0.4) is 0 Å². The highest BCUT2D eigenvalue weighted by atomic mass is 16.7. The van der Waals surface area contributed by atoms with Gasteiger partial charge in [-0.1, -0.05) is 12.5 Å². The van der Waals surface area contributed by atoms with Gasteiger partial charge in [-0.05, 0) is 37.5 Å². The van der Waals surface area contributed by atoms with Crippen molar-refractivity contribution in [2.45, 2.75) is 31.7 Å². The summed E-state index contributed by atoms with van der Waals surface area (Å²) in [6, 6.07) is 8.39. The predicted molar refractivity (Wildman–Crippen MR) is 98.6 cm³/mol. The van der Waals surface area contributed by atoms with E-state index in [1.54, 1.807) is 12.3 Å². The predicted octanol–water partition coefficient (Wildman–Crippen LogP) is 1.94. The van der Waals surface area contributed by atoms with Gasteiger partial charge in [-0.3, -0.25) is 14.4 Å². The molecule has 8 nitrogen and oxygen atoms in total. The van der Waals surface area contributed by atoms with Gasteiger partial charge in [0.05, 0.1) is 25.6 Å². The maximum absolute atomic E-state index is 12.8. The van der Waals surface area contributed by atoms with Crippen molar-refractivity contribution in [2.75, 3.05) is 20.8 Å². The Hall–Kier alpha value is -2.87. The first-order valence-electron chi connectivity index (χ1n) is 9.00. The monoisotopic (exact) mass is 372 g/mol. The molecule has 27 heavy (non-hydrogen) atoms. The first-order chi connectivity index (χ1) is 13.1. The first kappa shape index (κ1) is 18.9. The molecule has 0 saturated heterocycles. The molecule has 1 unspecified atom stereocenters. The summed E-state index contributed by atoms with van der Waals surface area (Å²) in [4.78, 5) is 30.4. The molecule has 8 heteroatoms. The Labute approximate surface area is 158 Å². The van der Waals surface area contributed by atoms with Crippen molar-refractivity contribution in [3.63, 3.8) is 0 Å². The lowest BCUT2D eigenvalue weighted by Gasteiger charge is -2.23. The van der Waals surface area contributed by atoms with Crippen molar-refractivity contribution in [2.24, 2.45) is 0 Å². The topological polar surface area (TPSA) is 85.7 Å². The molecule has 1 aliphatic rings. The van der Waals surface area contributed by atoms with Crippen LogP contribution >= 0.6 is 0 Å². The van der Waals surface area contributed by atoms with Gasteiger partial charge >= 0.3 is 0 Å². The Morgan fingerprint density at radius 3 is 3.00 bits per heavy atom. The summed E-state index contributed by atoms with van der Waals surface area (Å²) >= 11 is 0. The Kier molecular flexibility index (Phi) is 6.08. The van der Waals surface area contributed by atoms with E-state index in [1.165, 1.54) is 18.8 Å². The Morgan fingerprint density at radius 1 is 1.33 bits per heavy atom. The fourth-order valence-electron chi connectivity index (χ4n) is 3.00. The molecule has 0 fully saturated rings. The first-order valence-corrected chi connectivity index (χ1v) is 9.00. The molecule has 1 aliphatic heterocycles. The van der Waals surface area contributed by atoms with Crippen LogP contribution in [0.25, 0.3) is 5.69 Å². The molecule has 1 aromatic carbocycles. The largest absolute Gasteiger partial charge is 0.494 e. The van der Waals surface area contributed by atoms with Gasteiger partial charge in [0.15, 0.2) is 0 Å². The van der Waals surface area contributed by atoms with Crippen molar-refractivity contribution in [1.29, 1.82) is 0 Å². The minimum atomic E-state index is -0.666. The van der Waals surface area contributed by atoms with Crippen molar-refractivity contribution in [3.8, 4) is 11.4 Å². The van der Waals surface area contributed by atoms with Crippen LogP contribution in [-0.2, 0) is 9.63 Å². The van der Waals surface area contributed by atoms with E-state index in [-0.39, 0.29) is 11.8 Å². The third kappa shape index (κ3) is 4.46. The average molecular weight is 372 g/mol. The molecule has 1 aromatic heterocycles. The van der Waals surface area contributed by atoms with E-state index >= 15 is 0 Å². The maximum atomic E-state index is 12.8. The number of nitrogens with zero attached hydrogens (tertiary/aromatic N) is 3. The zero-order valence-electron chi connectivity index (χ0n) is 15.6. The number of aromatic nitrogens is 2. The summed E-state index contributed by atoms with van der Waals surface area (Å²) in [5.74, 6) is 0.0854. The quantitative estimate of drug-likeness (QED) is 0.815. The molecular weight excluding hydrogens is 348 g/mol. The minimum absolute atomic E-state index is 0.290. The van der Waals surface area contributed by atoms with Crippen molar-refractivity contribution in [1.82, 2.24) is 20.2 Å². The van der Waals surface area contributed by atoms with Crippen molar-refractivity contribution >= 4 is 11.8 Å². The summed E-state index contributed by atoms with van der Waals surface area (Å²) in [5, 5.41) is 8.22. The van der Waals surface area contributed by atoms with Crippen molar-refractivity contribution in [3.05, 3.63) is 42.2 Å². The van der Waals surface area contributed by atoms with Gasteiger partial charge in [-0.25, -0.2) is 9.75 Å². The van der Waals surface area contributed by atoms with E-state index in [2.05, 4.69) is 10.4 Å². The van der Waals surface area contributed by atoms with Gasteiger partial charge in [0.25, 0.3) is 11.8 Å². The van der Waals surface area contributed by atoms with E-state index in [1.807, 2.05) is 24.3 Å². The fourth-order valence-corrected chi connectivity index (χ4v) is 3.00. The molecule has 2 bridgehead atoms. The van der Waals surface area contributed by atoms with Crippen LogP contribution in [0, 0.1) is 0 Å². The summed E-state index contributed by atoms with van der Waals surface area (Å²) < 4.78 is 7.34. The van der Waals surface area contributed by atoms with Crippen LogP contribution in [0.5, 0.6) is 5.75 Å². The second-order valence-electron chi connectivity index (χ2n) is 6.37. The molecular formula is C19H24N4O4. The summed E-state index contributed by atoms with van der Waals surface area (Å²) in [6.45, 7) is 0.596. The molecule has 3 rings (SSSR count). The summed E-state index contributed by atoms with van der Waals surface area (Å²) in [6.07, 6.45) is 4.63. The molecule has 0 radical (unpaired) electrons. The smallest absolute Gasteiger partial charge is 0.270 e. The zero-order chi connectivity index (χ0) is 19.2. The van der Waals surface area contributed by atoms with E-state index in [4.69, 9.17) is 9.57 Å². The van der Waals surface area contributed by atoms with E-state index in [0.29, 0.717) is 18.7 Å². The number of amides is 2. The number of hydroxylamine groups is 2. The second kappa shape index (κ2) is 8.68. The molecule has 2 amide bonds. The van der Waals surface area contributed by atoms with Gasteiger partial charge in [-0.15, -0.1) is 0 Å². The van der Waals surface area contributed by atoms with Gasteiger partial charge < -0.3 is 10.1 Å². The normalized spacial score (nSPS) is 17.9. The third-order valence-corrected chi connectivity index (χ3v) is 4.53. The van der Waals surface area contributed by atoms with Gasteiger partial charge in [-0.2, -0.15) is 5.10 Å². The Balaban J connectivity index is 1.92. The number of likely N-dealkylation sites (N-methyl/N-ethyl adjacent to an activating group) is 1. The number of ether oxygens (including phenoxy) is 1. The molecule has 0 aliphatic carbocycles. The summed E-state index contributed by atoms with van der Waals surface area (Å²) in [5.41, 5.74) is 1.07. The maximum Gasteiger partial charge on any atom is 0.270 e. The van der Waals surface area contributed by atoms with Gasteiger partial charge in [0.1, 0.15) is 17.5 Å². The van der Waals surface area contributed by atoms with Crippen LogP contribution in [0.2, 0.25) is 0 Å². The van der Waals surface area contributed by atoms with E-state index < -0.39 is 6.04 Å². The fraction of sp³-hybridized carbons (Fsp3) is 0.421. The number of hydrogen-bond acceptors (Lipinski definition) is 5. The molecule has 1 atom stereocenters. The lowest BCUT2D eigenvalue weighted by molar-refractivity contribution is -0.171. The van der Waals surface area contributed by atoms with Crippen LogP contribution in [0.4, 0.5) is 0 Å². The highest BCUT2D eigenvalue weighted by molar-refractivity contribution is 5.96. The highest BCUT2D eigenvalue weighted by Gasteiger charge is 2.26. The number of hydrogen-bond donors (Lipinski definition) is 1. The summed E-state index contributed by atoms with van der Waals surface area (Å²) in [7, 11) is 2.95. The molecule has 0 saturated carbocycles. The number of carbonyl (C=O) groups is 2. The van der Waals surface area contributed by atoms with E-state index in [0.717, 1.165) is 35.8 Å². The molecule has 144 valence electrons. The Morgan fingerprint density at radius 2 is 2.19 bits per heavy atom. The van der Waals surface area contributed by atoms with Crippen LogP contribution in [0.1, 0.15) is 36.2 Å². The second-order valence-corrected chi connectivity index (χ2v) is 6.37. The van der Waals surface area contributed by atoms with Crippen molar-refractivity contribution < 1.29 is 19.2 Å². The standard InChI is InChI=1S/C19H24N4O4/c1-22(26-2)19(25)16-9-4-3-5-12-27-15-8-6-7-14(13-15)23-17(10-11-20-23)18(24)21-16/h6-8,10-11,13,16H,3-5,9,12H2,1-2H3,(H,21,24). The SMILES string of the molecule is CON(C)C(=O)C1CCCCCOc2cccc(c2)-n2nccc2C(=O)N1. The number of fused-ring (bicyclic) bond motifs is 4. The van der Waals surface area contributed by atoms with Crippen LogP contribution in [-0.4, -0.2) is 53.5 Å². The Bertz CT molecular complexity index is 805. The van der Waals surface area contributed by atoms with Crippen LogP contribution < -0.4 is 10.1 Å². The lowest BCUT2D eigenvalue weighted by atomic mass is 10.1. The van der Waals surface area contributed by atoms with E-state index in [9.17, 15) is 9.59 Å². The average Bonchev–Trinajstić information content (AvgIpc) is 3.18. The lowest BCUT2D eigenvalue weighted by Crippen LogP contribution is -2.47. The molecule has 0 spiro atoms.